The summed E-state index contributed by atoms with van der Waals surface area (Å²) in [5, 5.41) is 2.49. The molecule has 0 aliphatic heterocycles. The quantitative estimate of drug-likeness (QED) is 0.601. The van der Waals surface area contributed by atoms with Gasteiger partial charge in [-0.2, -0.15) is 0 Å². The van der Waals surface area contributed by atoms with Gasteiger partial charge >= 0.3 is 6.09 Å². The third-order valence-electron chi connectivity index (χ3n) is 2.89. The SMILES string of the molecule is CC(C)(C)OC(=O)NCCNS(=O)(=O)CC(N)Cc1ccccc1. The molecule has 0 saturated heterocycles. The Morgan fingerprint density at radius 1 is 1.21 bits per heavy atom. The second-order valence-electron chi connectivity index (χ2n) is 6.55. The first kappa shape index (κ1) is 20.4. The Bertz CT molecular complexity index is 612. The van der Waals surface area contributed by atoms with Gasteiger partial charge < -0.3 is 15.8 Å². The predicted molar refractivity (Wildman–Crippen MR) is 94.1 cm³/mol. The fourth-order valence-corrected chi connectivity index (χ4v) is 3.21. The number of rotatable bonds is 8. The molecule has 1 atom stereocenters. The number of carbonyl (C=O) groups excluding carboxylic acids is 1. The highest BCUT2D eigenvalue weighted by atomic mass is 32.2. The molecular weight excluding hydrogens is 330 g/mol. The zero-order valence-corrected chi connectivity index (χ0v) is 15.2. The number of alkyl carbamates (subject to hydrolysis) is 1. The van der Waals surface area contributed by atoms with Crippen LogP contribution in [0.15, 0.2) is 30.3 Å². The number of amides is 1. The van der Waals surface area contributed by atoms with E-state index in [0.717, 1.165) is 5.56 Å². The van der Waals surface area contributed by atoms with Gasteiger partial charge in [-0.25, -0.2) is 17.9 Å². The molecule has 24 heavy (non-hydrogen) atoms. The van der Waals surface area contributed by atoms with Gasteiger partial charge in [-0.1, -0.05) is 30.3 Å². The molecule has 1 amide bonds. The summed E-state index contributed by atoms with van der Waals surface area (Å²) in [6.45, 7) is 5.48. The number of hydrogen-bond donors (Lipinski definition) is 3. The van der Waals surface area contributed by atoms with Crippen LogP contribution in [0.4, 0.5) is 4.79 Å². The summed E-state index contributed by atoms with van der Waals surface area (Å²) < 4.78 is 31.4. The van der Waals surface area contributed by atoms with Gasteiger partial charge in [-0.05, 0) is 32.8 Å². The van der Waals surface area contributed by atoms with Crippen LogP contribution in [0, 0.1) is 0 Å². The van der Waals surface area contributed by atoms with E-state index in [0.29, 0.717) is 6.42 Å². The molecule has 136 valence electrons. The molecule has 0 aliphatic carbocycles. The van der Waals surface area contributed by atoms with E-state index >= 15 is 0 Å². The minimum absolute atomic E-state index is 0.0830. The van der Waals surface area contributed by atoms with Crippen molar-refractivity contribution in [3.05, 3.63) is 35.9 Å². The third kappa shape index (κ3) is 9.49. The second kappa shape index (κ2) is 9.00. The van der Waals surface area contributed by atoms with Crippen molar-refractivity contribution in [1.82, 2.24) is 10.0 Å². The van der Waals surface area contributed by atoms with Crippen LogP contribution in [-0.4, -0.2) is 45.0 Å². The molecule has 0 spiro atoms. The van der Waals surface area contributed by atoms with Gasteiger partial charge in [-0.15, -0.1) is 0 Å². The number of ether oxygens (including phenoxy) is 1. The molecule has 7 nitrogen and oxygen atoms in total. The lowest BCUT2D eigenvalue weighted by atomic mass is 10.1. The summed E-state index contributed by atoms with van der Waals surface area (Å²) in [5.41, 5.74) is 6.31. The molecule has 1 aromatic carbocycles. The highest BCUT2D eigenvalue weighted by Crippen LogP contribution is 2.06. The number of sulfonamides is 1. The van der Waals surface area contributed by atoms with Crippen molar-refractivity contribution in [1.29, 1.82) is 0 Å². The highest BCUT2D eigenvalue weighted by molar-refractivity contribution is 7.89. The predicted octanol–water partition coefficient (Wildman–Crippen LogP) is 1.00. The zero-order valence-electron chi connectivity index (χ0n) is 14.4. The van der Waals surface area contributed by atoms with E-state index in [1.807, 2.05) is 30.3 Å². The summed E-state index contributed by atoms with van der Waals surface area (Å²) in [5.74, 6) is -0.172. The van der Waals surface area contributed by atoms with Crippen LogP contribution >= 0.6 is 0 Å². The summed E-state index contributed by atoms with van der Waals surface area (Å²) >= 11 is 0. The van der Waals surface area contributed by atoms with Crippen LogP contribution in [0.5, 0.6) is 0 Å². The van der Waals surface area contributed by atoms with E-state index in [4.69, 9.17) is 10.5 Å². The van der Waals surface area contributed by atoms with Gasteiger partial charge in [-0.3, -0.25) is 0 Å². The topological polar surface area (TPSA) is 111 Å². The number of nitrogens with one attached hydrogen (secondary N) is 2. The molecule has 1 aromatic rings. The molecule has 0 bridgehead atoms. The maximum Gasteiger partial charge on any atom is 0.407 e. The Morgan fingerprint density at radius 2 is 1.83 bits per heavy atom. The van der Waals surface area contributed by atoms with E-state index in [1.165, 1.54) is 0 Å². The van der Waals surface area contributed by atoms with Gasteiger partial charge in [0.2, 0.25) is 10.0 Å². The number of nitrogens with two attached hydrogens (primary N) is 1. The van der Waals surface area contributed by atoms with E-state index < -0.39 is 27.8 Å². The molecule has 1 unspecified atom stereocenters. The smallest absolute Gasteiger partial charge is 0.407 e. The Morgan fingerprint density at radius 3 is 2.42 bits per heavy atom. The fourth-order valence-electron chi connectivity index (χ4n) is 2.00. The Kier molecular flexibility index (Phi) is 7.65. The monoisotopic (exact) mass is 357 g/mol. The van der Waals surface area contributed by atoms with Gasteiger partial charge in [0.25, 0.3) is 0 Å². The first-order valence-electron chi connectivity index (χ1n) is 7.81. The molecule has 0 radical (unpaired) electrons. The Labute approximate surface area is 144 Å². The zero-order chi connectivity index (χ0) is 18.2. The van der Waals surface area contributed by atoms with Crippen molar-refractivity contribution < 1.29 is 17.9 Å². The van der Waals surface area contributed by atoms with Crippen molar-refractivity contribution in [3.63, 3.8) is 0 Å². The Hall–Kier alpha value is -1.64. The van der Waals surface area contributed by atoms with Gasteiger partial charge in [0.15, 0.2) is 0 Å². The van der Waals surface area contributed by atoms with Crippen molar-refractivity contribution >= 4 is 16.1 Å². The lowest BCUT2D eigenvalue weighted by Crippen LogP contribution is -2.41. The standard InChI is InChI=1S/C16H27N3O4S/c1-16(2,3)23-15(20)18-9-10-19-24(21,22)12-14(17)11-13-7-5-4-6-8-13/h4-8,14,19H,9-12,17H2,1-3H3,(H,18,20). The van der Waals surface area contributed by atoms with Gasteiger partial charge in [0.05, 0.1) is 5.75 Å². The minimum atomic E-state index is -3.50. The van der Waals surface area contributed by atoms with E-state index in [-0.39, 0.29) is 18.8 Å². The van der Waals surface area contributed by atoms with Crippen LogP contribution in [0.25, 0.3) is 0 Å². The molecule has 4 N–H and O–H groups in total. The first-order chi connectivity index (χ1) is 11.1. The highest BCUT2D eigenvalue weighted by Gasteiger charge is 2.17. The van der Waals surface area contributed by atoms with E-state index in [9.17, 15) is 13.2 Å². The van der Waals surface area contributed by atoms with Crippen LogP contribution in [0.2, 0.25) is 0 Å². The van der Waals surface area contributed by atoms with Gasteiger partial charge in [0.1, 0.15) is 5.60 Å². The molecule has 0 aliphatic rings. The molecule has 0 saturated carbocycles. The van der Waals surface area contributed by atoms with Crippen molar-refractivity contribution in [2.45, 2.75) is 38.8 Å². The van der Waals surface area contributed by atoms with Crippen molar-refractivity contribution in [2.24, 2.45) is 5.73 Å². The van der Waals surface area contributed by atoms with Crippen molar-refractivity contribution in [3.8, 4) is 0 Å². The number of hydrogen-bond acceptors (Lipinski definition) is 5. The minimum Gasteiger partial charge on any atom is -0.444 e. The van der Waals surface area contributed by atoms with E-state index in [2.05, 4.69) is 10.0 Å². The van der Waals surface area contributed by atoms with E-state index in [1.54, 1.807) is 20.8 Å². The largest absolute Gasteiger partial charge is 0.444 e. The first-order valence-corrected chi connectivity index (χ1v) is 9.46. The molecule has 1 rings (SSSR count). The van der Waals surface area contributed by atoms with Crippen molar-refractivity contribution in [2.75, 3.05) is 18.8 Å². The maximum absolute atomic E-state index is 12.0. The normalized spacial score (nSPS) is 13.3. The summed E-state index contributed by atoms with van der Waals surface area (Å²) in [4.78, 5) is 11.4. The second-order valence-corrected chi connectivity index (χ2v) is 8.41. The molecule has 0 fully saturated rings. The van der Waals surface area contributed by atoms with Crippen LogP contribution in [-0.2, 0) is 21.2 Å². The average Bonchev–Trinajstić information content (AvgIpc) is 2.42. The van der Waals surface area contributed by atoms with Crippen LogP contribution in [0.3, 0.4) is 0 Å². The molecular formula is C16H27N3O4S. The van der Waals surface area contributed by atoms with Crippen LogP contribution in [0.1, 0.15) is 26.3 Å². The Balaban J connectivity index is 2.30. The summed E-state index contributed by atoms with van der Waals surface area (Å²) in [6.07, 6.45) is -0.0970. The van der Waals surface area contributed by atoms with Crippen LogP contribution < -0.4 is 15.8 Å². The maximum atomic E-state index is 12.0. The fraction of sp³-hybridized carbons (Fsp3) is 0.562. The summed E-state index contributed by atoms with van der Waals surface area (Å²) in [6, 6.07) is 8.98. The molecule has 0 aromatic heterocycles. The lowest BCUT2D eigenvalue weighted by Gasteiger charge is -2.19. The number of carbonyl (C=O) groups is 1. The lowest BCUT2D eigenvalue weighted by molar-refractivity contribution is 0.0529. The molecule has 0 heterocycles. The summed E-state index contributed by atoms with van der Waals surface area (Å²) in [7, 11) is -3.50. The number of benzene rings is 1. The average molecular weight is 357 g/mol. The third-order valence-corrected chi connectivity index (χ3v) is 4.40. The molecule has 8 heteroatoms. The van der Waals surface area contributed by atoms with Gasteiger partial charge in [0, 0.05) is 19.1 Å².